The summed E-state index contributed by atoms with van der Waals surface area (Å²) >= 11 is 11.9. The summed E-state index contributed by atoms with van der Waals surface area (Å²) in [4.78, 5) is 19.7. The molecule has 1 aromatic heterocycles. The van der Waals surface area contributed by atoms with Gasteiger partial charge in [-0.05, 0) is 29.3 Å². The number of ether oxygens (including phenoxy) is 3. The van der Waals surface area contributed by atoms with Gasteiger partial charge >= 0.3 is 12.1 Å². The molecule has 3 aromatic rings. The van der Waals surface area contributed by atoms with Gasteiger partial charge in [-0.3, -0.25) is 0 Å². The molecule has 1 N–H and O–H groups in total. The average Bonchev–Trinajstić information content (AvgIpc) is 2.79. The largest absolute Gasteiger partial charge is 0.503 e. The van der Waals surface area contributed by atoms with Crippen LogP contribution in [0.4, 0.5) is 24.8 Å². The van der Waals surface area contributed by atoms with Gasteiger partial charge in [-0.1, -0.05) is 47.5 Å². The van der Waals surface area contributed by atoms with Crippen LogP contribution in [0.2, 0.25) is 10.0 Å². The van der Waals surface area contributed by atoms with Gasteiger partial charge in [0.15, 0.2) is 5.69 Å². The van der Waals surface area contributed by atoms with E-state index in [9.17, 15) is 18.0 Å². The number of nitrogens with zero attached hydrogens (tertiary/aromatic N) is 2. The number of esters is 1. The van der Waals surface area contributed by atoms with E-state index in [1.807, 2.05) is 0 Å². The van der Waals surface area contributed by atoms with Gasteiger partial charge < -0.3 is 19.5 Å². The Bertz CT molecular complexity index is 1230. The lowest BCUT2D eigenvalue weighted by Gasteiger charge is -2.14. The first-order valence-electron chi connectivity index (χ1n) is 9.82. The van der Waals surface area contributed by atoms with Crippen molar-refractivity contribution in [2.45, 2.75) is 12.8 Å². The van der Waals surface area contributed by atoms with E-state index >= 15 is 0 Å². The minimum Gasteiger partial charge on any atom is -0.503 e. The maximum Gasteiger partial charge on any atom is 0.433 e. The third-order valence-electron chi connectivity index (χ3n) is 4.44. The molecule has 0 amide bonds. The monoisotopic (exact) mass is 527 g/mol. The Hall–Kier alpha value is -3.50. The van der Waals surface area contributed by atoms with Crippen LogP contribution >= 0.6 is 23.2 Å². The van der Waals surface area contributed by atoms with Gasteiger partial charge in [-0.15, -0.1) is 0 Å². The van der Waals surface area contributed by atoms with Crippen molar-refractivity contribution in [3.63, 3.8) is 0 Å². The Kier molecular flexibility index (Phi) is 8.42. The molecule has 0 aliphatic carbocycles. The Morgan fingerprint density at radius 1 is 1.06 bits per heavy atom. The van der Waals surface area contributed by atoms with E-state index in [0.29, 0.717) is 17.2 Å². The number of alkyl halides is 3. The maximum absolute atomic E-state index is 13.5. The van der Waals surface area contributed by atoms with Gasteiger partial charge in [-0.2, -0.15) is 18.2 Å². The fraction of sp³-hybridized carbons (Fsp3) is 0.174. The molecule has 0 unspecified atom stereocenters. The zero-order valence-electron chi connectivity index (χ0n) is 18.3. The van der Waals surface area contributed by atoms with Crippen molar-refractivity contribution in [3.8, 4) is 5.88 Å². The zero-order chi connectivity index (χ0) is 25.6. The van der Waals surface area contributed by atoms with Crippen molar-refractivity contribution >= 4 is 46.4 Å². The van der Waals surface area contributed by atoms with E-state index < -0.39 is 17.8 Å². The highest BCUT2D eigenvalue weighted by atomic mass is 35.5. The molecule has 0 bridgehead atoms. The Morgan fingerprint density at radius 3 is 2.37 bits per heavy atom. The van der Waals surface area contributed by atoms with E-state index in [2.05, 4.69) is 15.3 Å². The second-order valence-electron chi connectivity index (χ2n) is 6.90. The molecule has 0 atom stereocenters. The summed E-state index contributed by atoms with van der Waals surface area (Å²) in [7, 11) is 2.58. The summed E-state index contributed by atoms with van der Waals surface area (Å²) in [5, 5.41) is 3.19. The molecule has 184 valence electrons. The minimum atomic E-state index is -4.76. The molecule has 3 rings (SSSR count). The van der Waals surface area contributed by atoms with Gasteiger partial charge in [0, 0.05) is 21.8 Å². The van der Waals surface area contributed by atoms with Crippen LogP contribution in [0.15, 0.2) is 54.8 Å². The van der Waals surface area contributed by atoms with Crippen LogP contribution < -0.4 is 10.1 Å². The molecule has 0 aliphatic heterocycles. The Morgan fingerprint density at radius 2 is 1.74 bits per heavy atom. The summed E-state index contributed by atoms with van der Waals surface area (Å²) in [5.41, 5.74) is 0.0577. The fourth-order valence-corrected chi connectivity index (χ4v) is 3.49. The highest BCUT2D eigenvalue weighted by Crippen LogP contribution is 2.32. The minimum absolute atomic E-state index is 0.105. The molecule has 2 aromatic carbocycles. The van der Waals surface area contributed by atoms with Crippen LogP contribution in [0, 0.1) is 0 Å². The van der Waals surface area contributed by atoms with E-state index in [1.54, 1.807) is 24.3 Å². The zero-order valence-corrected chi connectivity index (χ0v) is 19.8. The van der Waals surface area contributed by atoms with Gasteiger partial charge in [0.25, 0.3) is 0 Å². The maximum atomic E-state index is 13.5. The van der Waals surface area contributed by atoms with Gasteiger partial charge in [0.05, 0.1) is 20.5 Å². The number of hydrogen-bond acceptors (Lipinski definition) is 7. The summed E-state index contributed by atoms with van der Waals surface area (Å²) in [6.45, 7) is -0.217. The molecule has 0 saturated carbocycles. The van der Waals surface area contributed by atoms with Crippen molar-refractivity contribution in [2.75, 3.05) is 19.5 Å². The second-order valence-corrected chi connectivity index (χ2v) is 7.77. The summed E-state index contributed by atoms with van der Waals surface area (Å²) in [6, 6.07) is 11.7. The number of anilines is 2. The van der Waals surface area contributed by atoms with Crippen LogP contribution in [-0.4, -0.2) is 30.2 Å². The molecular weight excluding hydrogens is 510 g/mol. The van der Waals surface area contributed by atoms with Crippen LogP contribution in [0.5, 0.6) is 5.88 Å². The highest BCUT2D eigenvalue weighted by Gasteiger charge is 2.34. The van der Waals surface area contributed by atoms with Gasteiger partial charge in [-0.25, -0.2) is 9.78 Å². The third-order valence-corrected chi connectivity index (χ3v) is 4.87. The normalized spacial score (nSPS) is 11.7. The van der Waals surface area contributed by atoms with Crippen LogP contribution in [0.3, 0.4) is 0 Å². The number of carbonyl (C=O) groups excluding carboxylic acids is 1. The number of methoxy groups -OCH3 is 2. The molecule has 12 heteroatoms. The topological polar surface area (TPSA) is 82.6 Å². The molecule has 1 heterocycles. The molecular formula is C23H18Cl2F3N3O4. The lowest BCUT2D eigenvalue weighted by atomic mass is 10.0. The quantitative estimate of drug-likeness (QED) is 0.209. The van der Waals surface area contributed by atoms with Crippen molar-refractivity contribution in [2.24, 2.45) is 0 Å². The van der Waals surface area contributed by atoms with Crippen LogP contribution in [0.25, 0.3) is 5.57 Å². The number of aromatic nitrogens is 2. The predicted octanol–water partition coefficient (Wildman–Crippen LogP) is 6.29. The number of halogens is 5. The smallest absolute Gasteiger partial charge is 0.433 e. The highest BCUT2D eigenvalue weighted by molar-refractivity contribution is 6.35. The fourth-order valence-electron chi connectivity index (χ4n) is 2.97. The van der Waals surface area contributed by atoms with Crippen LogP contribution in [-0.2, 0) is 27.1 Å². The number of carbonyl (C=O) groups is 1. The van der Waals surface area contributed by atoms with E-state index in [-0.39, 0.29) is 39.7 Å². The van der Waals surface area contributed by atoms with Crippen molar-refractivity contribution in [3.05, 3.63) is 81.7 Å². The summed E-state index contributed by atoms with van der Waals surface area (Å²) < 4.78 is 55.7. The van der Waals surface area contributed by atoms with Crippen LogP contribution in [0.1, 0.15) is 16.8 Å². The number of nitrogens with one attached hydrogen (secondary N) is 1. The average molecular weight is 528 g/mol. The van der Waals surface area contributed by atoms with Gasteiger partial charge in [0.1, 0.15) is 12.2 Å². The third kappa shape index (κ3) is 7.00. The second kappa shape index (κ2) is 11.3. The van der Waals surface area contributed by atoms with E-state index in [1.165, 1.54) is 38.7 Å². The molecule has 0 fully saturated rings. The van der Waals surface area contributed by atoms with E-state index in [0.717, 1.165) is 0 Å². The van der Waals surface area contributed by atoms with Crippen molar-refractivity contribution < 1.29 is 32.2 Å². The molecule has 0 radical (unpaired) electrons. The summed E-state index contributed by atoms with van der Waals surface area (Å²) in [6.07, 6.45) is -3.56. The lowest BCUT2D eigenvalue weighted by Crippen LogP contribution is -2.12. The molecule has 35 heavy (non-hydrogen) atoms. The number of hydrogen-bond donors (Lipinski definition) is 1. The van der Waals surface area contributed by atoms with Gasteiger partial charge in [0.2, 0.25) is 11.8 Å². The van der Waals surface area contributed by atoms with E-state index in [4.69, 9.17) is 37.4 Å². The first kappa shape index (κ1) is 26.1. The van der Waals surface area contributed by atoms with Crippen molar-refractivity contribution in [1.29, 1.82) is 0 Å². The number of benzene rings is 2. The first-order valence-corrected chi connectivity index (χ1v) is 10.6. The molecule has 7 nitrogen and oxygen atoms in total. The summed E-state index contributed by atoms with van der Waals surface area (Å²) in [5.74, 6) is -1.39. The SMILES string of the molecule is CO/C=C(/C(=O)OC)c1ccccc1COc1cc(C(F)(F)F)nc(Nc2cc(Cl)cc(Cl)c2)n1. The molecule has 0 spiro atoms. The standard InChI is InChI=1S/C23H18Cl2F3N3O4/c1-33-12-18(21(32)34-2)17-6-4-3-5-13(17)11-35-20-10-19(23(26,27)28)30-22(31-20)29-16-8-14(24)7-15(25)9-16/h3-10,12H,11H2,1-2H3,(H,29,30,31)/b18-12+. The Labute approximate surface area is 208 Å². The molecule has 0 saturated heterocycles. The lowest BCUT2D eigenvalue weighted by molar-refractivity contribution is -0.141. The first-order chi connectivity index (χ1) is 16.6. The predicted molar refractivity (Wildman–Crippen MR) is 125 cm³/mol. The molecule has 0 aliphatic rings. The Balaban J connectivity index is 1.93. The van der Waals surface area contributed by atoms with Crippen molar-refractivity contribution in [1.82, 2.24) is 9.97 Å². The number of rotatable bonds is 8.